The standard InChI is InChI=1S/C13H13BrF3NO/c1-7(2)11-6-19-12(18-11)9-5-8(14)3-4-10(9)13(15,16)17/h3-5,7,11H,6H2,1-2H3. The average molecular weight is 336 g/mol. The van der Waals surface area contributed by atoms with Crippen LogP contribution in [0.15, 0.2) is 27.7 Å². The van der Waals surface area contributed by atoms with Crippen molar-refractivity contribution in [1.29, 1.82) is 0 Å². The van der Waals surface area contributed by atoms with Crippen molar-refractivity contribution in [2.24, 2.45) is 10.9 Å². The van der Waals surface area contributed by atoms with Gasteiger partial charge in [-0.3, -0.25) is 0 Å². The van der Waals surface area contributed by atoms with Gasteiger partial charge in [-0.05, 0) is 24.1 Å². The van der Waals surface area contributed by atoms with Crippen LogP contribution < -0.4 is 0 Å². The lowest BCUT2D eigenvalue weighted by molar-refractivity contribution is -0.137. The van der Waals surface area contributed by atoms with Gasteiger partial charge >= 0.3 is 6.18 Å². The van der Waals surface area contributed by atoms with Crippen LogP contribution in [-0.2, 0) is 10.9 Å². The zero-order chi connectivity index (χ0) is 14.2. The smallest absolute Gasteiger partial charge is 0.417 e. The van der Waals surface area contributed by atoms with Crippen LogP contribution in [0.1, 0.15) is 25.0 Å². The van der Waals surface area contributed by atoms with Gasteiger partial charge in [0.15, 0.2) is 0 Å². The van der Waals surface area contributed by atoms with Crippen LogP contribution in [0, 0.1) is 5.92 Å². The highest BCUT2D eigenvalue weighted by molar-refractivity contribution is 9.10. The van der Waals surface area contributed by atoms with E-state index in [2.05, 4.69) is 20.9 Å². The molecular formula is C13H13BrF3NO. The molecule has 19 heavy (non-hydrogen) atoms. The molecule has 0 fully saturated rings. The molecule has 2 rings (SSSR count). The molecular weight excluding hydrogens is 323 g/mol. The van der Waals surface area contributed by atoms with Gasteiger partial charge in [0.2, 0.25) is 5.90 Å². The SMILES string of the molecule is CC(C)C1COC(c2cc(Br)ccc2C(F)(F)F)=N1. The van der Waals surface area contributed by atoms with Crippen LogP contribution in [0.5, 0.6) is 0 Å². The molecule has 104 valence electrons. The molecule has 1 unspecified atom stereocenters. The Morgan fingerprint density at radius 2 is 2.05 bits per heavy atom. The number of benzene rings is 1. The van der Waals surface area contributed by atoms with Crippen molar-refractivity contribution in [2.75, 3.05) is 6.61 Å². The maximum atomic E-state index is 13.0. The van der Waals surface area contributed by atoms with Gasteiger partial charge < -0.3 is 4.74 Å². The molecule has 0 bridgehead atoms. The molecule has 1 aliphatic rings. The molecule has 0 N–H and O–H groups in total. The second-order valence-corrected chi connectivity index (χ2v) is 5.66. The zero-order valence-electron chi connectivity index (χ0n) is 10.5. The van der Waals surface area contributed by atoms with Gasteiger partial charge in [0.05, 0.1) is 11.6 Å². The summed E-state index contributed by atoms with van der Waals surface area (Å²) < 4.78 is 44.8. The maximum Gasteiger partial charge on any atom is 0.417 e. The highest BCUT2D eigenvalue weighted by Crippen LogP contribution is 2.34. The Kier molecular flexibility index (Phi) is 3.90. The van der Waals surface area contributed by atoms with E-state index in [1.54, 1.807) is 0 Å². The fourth-order valence-corrected chi connectivity index (χ4v) is 2.18. The van der Waals surface area contributed by atoms with Crippen molar-refractivity contribution in [3.63, 3.8) is 0 Å². The largest absolute Gasteiger partial charge is 0.475 e. The van der Waals surface area contributed by atoms with E-state index in [0.717, 1.165) is 6.07 Å². The molecule has 0 spiro atoms. The number of rotatable bonds is 2. The van der Waals surface area contributed by atoms with Crippen LogP contribution in [0.2, 0.25) is 0 Å². The van der Waals surface area contributed by atoms with E-state index < -0.39 is 11.7 Å². The van der Waals surface area contributed by atoms with Gasteiger partial charge in [0, 0.05) is 10.0 Å². The van der Waals surface area contributed by atoms with E-state index in [4.69, 9.17) is 4.74 Å². The molecule has 1 aromatic rings. The molecule has 0 aromatic heterocycles. The Labute approximate surface area is 117 Å². The zero-order valence-corrected chi connectivity index (χ0v) is 12.0. The molecule has 6 heteroatoms. The number of ether oxygens (including phenoxy) is 1. The maximum absolute atomic E-state index is 13.0. The topological polar surface area (TPSA) is 21.6 Å². The lowest BCUT2D eigenvalue weighted by Crippen LogP contribution is -2.14. The summed E-state index contributed by atoms with van der Waals surface area (Å²) in [5.74, 6) is 0.311. The van der Waals surface area contributed by atoms with Crippen LogP contribution in [0.3, 0.4) is 0 Å². The minimum Gasteiger partial charge on any atom is -0.475 e. The molecule has 0 saturated carbocycles. The molecule has 0 aliphatic carbocycles. The summed E-state index contributed by atoms with van der Waals surface area (Å²) in [6.07, 6.45) is -4.42. The predicted molar refractivity (Wildman–Crippen MR) is 70.3 cm³/mol. The third-order valence-corrected chi connectivity index (χ3v) is 3.45. The Morgan fingerprint density at radius 1 is 1.37 bits per heavy atom. The Hall–Kier alpha value is -1.04. The van der Waals surface area contributed by atoms with Crippen LogP contribution >= 0.6 is 15.9 Å². The first-order chi connectivity index (χ1) is 8.79. The molecule has 0 saturated heterocycles. The van der Waals surface area contributed by atoms with Crippen molar-refractivity contribution in [3.05, 3.63) is 33.8 Å². The first-order valence-electron chi connectivity index (χ1n) is 5.86. The number of nitrogens with zero attached hydrogens (tertiary/aromatic N) is 1. The van der Waals surface area contributed by atoms with Gasteiger partial charge in [-0.25, -0.2) is 4.99 Å². The van der Waals surface area contributed by atoms with Gasteiger partial charge in [-0.1, -0.05) is 29.8 Å². The molecule has 0 radical (unpaired) electrons. The van der Waals surface area contributed by atoms with Crippen LogP contribution in [0.25, 0.3) is 0 Å². The van der Waals surface area contributed by atoms with Crippen molar-refractivity contribution in [1.82, 2.24) is 0 Å². The summed E-state index contributed by atoms with van der Waals surface area (Å²) in [6, 6.07) is 3.70. The summed E-state index contributed by atoms with van der Waals surface area (Å²) in [4.78, 5) is 4.25. The van der Waals surface area contributed by atoms with E-state index in [9.17, 15) is 13.2 Å². The third kappa shape index (κ3) is 3.11. The van der Waals surface area contributed by atoms with Gasteiger partial charge in [-0.2, -0.15) is 13.2 Å². The number of hydrogen-bond acceptors (Lipinski definition) is 2. The molecule has 1 atom stereocenters. The summed E-state index contributed by atoms with van der Waals surface area (Å²) >= 11 is 3.18. The molecule has 1 aromatic carbocycles. The van der Waals surface area contributed by atoms with Crippen LogP contribution in [-0.4, -0.2) is 18.5 Å². The van der Waals surface area contributed by atoms with E-state index in [0.29, 0.717) is 11.1 Å². The quantitative estimate of drug-likeness (QED) is 0.790. The van der Waals surface area contributed by atoms with Gasteiger partial charge in [-0.15, -0.1) is 0 Å². The third-order valence-electron chi connectivity index (χ3n) is 2.96. The van der Waals surface area contributed by atoms with E-state index in [1.807, 2.05) is 13.8 Å². The molecule has 0 amide bonds. The van der Waals surface area contributed by atoms with Crippen molar-refractivity contribution in [2.45, 2.75) is 26.1 Å². The van der Waals surface area contributed by atoms with Crippen molar-refractivity contribution < 1.29 is 17.9 Å². The number of hydrogen-bond donors (Lipinski definition) is 0. The first kappa shape index (κ1) is 14.4. The average Bonchev–Trinajstić information content (AvgIpc) is 2.76. The first-order valence-corrected chi connectivity index (χ1v) is 6.66. The Bertz CT molecular complexity index is 511. The second-order valence-electron chi connectivity index (χ2n) is 4.74. The van der Waals surface area contributed by atoms with E-state index in [1.165, 1.54) is 12.1 Å². The monoisotopic (exact) mass is 335 g/mol. The predicted octanol–water partition coefficient (Wildman–Crippen LogP) is 4.27. The van der Waals surface area contributed by atoms with E-state index in [-0.39, 0.29) is 23.4 Å². The summed E-state index contributed by atoms with van der Waals surface area (Å²) in [5.41, 5.74) is -0.733. The number of halogens is 4. The summed E-state index contributed by atoms with van der Waals surface area (Å²) in [5, 5.41) is 0. The minimum absolute atomic E-state index is 0.00924. The highest BCUT2D eigenvalue weighted by atomic mass is 79.9. The number of alkyl halides is 3. The second kappa shape index (κ2) is 5.15. The summed E-state index contributed by atoms with van der Waals surface area (Å²) in [7, 11) is 0. The molecule has 2 nitrogen and oxygen atoms in total. The Morgan fingerprint density at radius 3 is 2.58 bits per heavy atom. The lowest BCUT2D eigenvalue weighted by Gasteiger charge is -2.12. The Balaban J connectivity index is 2.45. The van der Waals surface area contributed by atoms with E-state index >= 15 is 0 Å². The normalized spacial score (nSPS) is 19.5. The molecule has 1 heterocycles. The summed E-state index contributed by atoms with van der Waals surface area (Å²) in [6.45, 7) is 4.26. The fourth-order valence-electron chi connectivity index (χ4n) is 1.82. The molecule has 1 aliphatic heterocycles. The minimum atomic E-state index is -4.42. The van der Waals surface area contributed by atoms with Gasteiger partial charge in [0.1, 0.15) is 6.61 Å². The number of aliphatic imine (C=N–C) groups is 1. The highest BCUT2D eigenvalue weighted by Gasteiger charge is 2.36. The van der Waals surface area contributed by atoms with Gasteiger partial charge in [0.25, 0.3) is 0 Å². The lowest BCUT2D eigenvalue weighted by atomic mass is 10.1. The fraction of sp³-hybridized carbons (Fsp3) is 0.462. The van der Waals surface area contributed by atoms with Crippen molar-refractivity contribution >= 4 is 21.8 Å². The van der Waals surface area contributed by atoms with Crippen molar-refractivity contribution in [3.8, 4) is 0 Å². The van der Waals surface area contributed by atoms with Crippen LogP contribution in [0.4, 0.5) is 13.2 Å².